The van der Waals surface area contributed by atoms with Crippen molar-refractivity contribution in [1.82, 2.24) is 24.5 Å². The van der Waals surface area contributed by atoms with Gasteiger partial charge in [-0.05, 0) is 59.2 Å². The van der Waals surface area contributed by atoms with Crippen LogP contribution < -0.4 is 10.2 Å². The highest BCUT2D eigenvalue weighted by molar-refractivity contribution is 7.88. The largest absolute Gasteiger partial charge is 0.444 e. The molecule has 1 saturated heterocycles. The zero-order chi connectivity index (χ0) is 31.8. The predicted molar refractivity (Wildman–Crippen MR) is 160 cm³/mol. The van der Waals surface area contributed by atoms with Gasteiger partial charge in [0.05, 0.1) is 31.0 Å². The van der Waals surface area contributed by atoms with Crippen LogP contribution in [-0.4, -0.2) is 123 Å². The van der Waals surface area contributed by atoms with Crippen molar-refractivity contribution in [3.8, 4) is 6.07 Å². The molecule has 42 heavy (non-hydrogen) atoms. The van der Waals surface area contributed by atoms with Gasteiger partial charge < -0.3 is 14.5 Å². The Labute approximate surface area is 250 Å². The zero-order valence-electron chi connectivity index (χ0n) is 26.0. The van der Waals surface area contributed by atoms with Crippen molar-refractivity contribution in [2.45, 2.75) is 53.2 Å². The molecule has 0 aliphatic carbocycles. The second-order valence-electron chi connectivity index (χ2n) is 11.6. The summed E-state index contributed by atoms with van der Waals surface area (Å²) in [5.74, 6) is -0.612. The van der Waals surface area contributed by atoms with Crippen molar-refractivity contribution in [1.29, 1.82) is 5.26 Å². The van der Waals surface area contributed by atoms with Crippen molar-refractivity contribution < 1.29 is 27.5 Å². The number of likely N-dealkylation sites (N-methyl/N-ethyl adjacent to an activating group) is 1. The maximum atomic E-state index is 13.5. The number of rotatable bonds is 11. The molecule has 1 aromatic rings. The minimum atomic E-state index is -3.28. The van der Waals surface area contributed by atoms with Crippen LogP contribution in [0, 0.1) is 18.3 Å². The lowest BCUT2D eigenvalue weighted by molar-refractivity contribution is -0.146. The lowest BCUT2D eigenvalue weighted by Crippen LogP contribution is -2.56. The van der Waals surface area contributed by atoms with Crippen LogP contribution in [0.2, 0.25) is 0 Å². The quantitative estimate of drug-likeness (QED) is 0.394. The highest BCUT2D eigenvalue weighted by Crippen LogP contribution is 2.22. The molecule has 0 bridgehead atoms. The number of hydrazine groups is 1. The molecular weight excluding hydrogens is 562 g/mol. The van der Waals surface area contributed by atoms with E-state index in [1.807, 2.05) is 20.8 Å². The molecule has 1 aliphatic heterocycles. The van der Waals surface area contributed by atoms with E-state index in [1.165, 1.54) is 14.2 Å². The van der Waals surface area contributed by atoms with Crippen molar-refractivity contribution >= 4 is 33.6 Å². The van der Waals surface area contributed by atoms with Crippen LogP contribution in [0.5, 0.6) is 0 Å². The number of carbonyl (C=O) groups is 3. The predicted octanol–water partition coefficient (Wildman–Crippen LogP) is 1.39. The molecule has 234 valence electrons. The molecule has 1 heterocycles. The molecule has 2 rings (SSSR count). The zero-order valence-corrected chi connectivity index (χ0v) is 26.8. The number of carbonyl (C=O) groups excluding carboxylic acids is 3. The average molecular weight is 608 g/mol. The first-order chi connectivity index (χ1) is 19.4. The Morgan fingerprint density at radius 2 is 1.67 bits per heavy atom. The smallest absolute Gasteiger partial charge is 0.410 e. The first kappa shape index (κ1) is 34.9. The molecule has 1 fully saturated rings. The highest BCUT2D eigenvalue weighted by Gasteiger charge is 2.28. The van der Waals surface area contributed by atoms with Crippen molar-refractivity contribution in [2.24, 2.45) is 0 Å². The Hall–Kier alpha value is -3.25. The Morgan fingerprint density at radius 3 is 2.19 bits per heavy atom. The van der Waals surface area contributed by atoms with E-state index in [0.29, 0.717) is 24.3 Å². The fraction of sp³-hybridized carbons (Fsp3) is 0.643. The number of nitriles is 1. The summed E-state index contributed by atoms with van der Waals surface area (Å²) in [4.78, 5) is 42.3. The number of hydrogen-bond donors (Lipinski definition) is 1. The lowest BCUT2D eigenvalue weighted by atomic mass is 10.1. The van der Waals surface area contributed by atoms with E-state index < -0.39 is 21.7 Å². The van der Waals surface area contributed by atoms with Gasteiger partial charge in [0.15, 0.2) is 0 Å². The Balaban J connectivity index is 2.10. The first-order valence-corrected chi connectivity index (χ1v) is 15.8. The standard InChI is InChI=1S/C28H45N7O6S/c1-21(2)34(27(38)41-28(4,5)6)15-16-35(24-17-23(18-29)10-9-22(24)3)26(37)20-30-19-25(36)31(7)32-11-13-33(14-12-32)42(8,39)40/h9-10,17,21,30H,11-16,19-20H2,1-8H3. The molecule has 14 heteroatoms. The third kappa shape index (κ3) is 10.2. The van der Waals surface area contributed by atoms with Gasteiger partial charge in [0, 0.05) is 58.0 Å². The molecular formula is C28H45N7O6S. The summed E-state index contributed by atoms with van der Waals surface area (Å²) < 4.78 is 30.5. The molecule has 1 aliphatic rings. The lowest BCUT2D eigenvalue weighted by Gasteiger charge is -2.38. The number of ether oxygens (including phenoxy) is 1. The van der Waals surface area contributed by atoms with Crippen molar-refractivity contribution in [3.05, 3.63) is 29.3 Å². The monoisotopic (exact) mass is 607 g/mol. The number of sulfonamides is 1. The van der Waals surface area contributed by atoms with Gasteiger partial charge in [0.2, 0.25) is 15.9 Å². The summed E-state index contributed by atoms with van der Waals surface area (Å²) in [6.07, 6.45) is 0.675. The summed E-state index contributed by atoms with van der Waals surface area (Å²) in [5.41, 5.74) is 1.03. The maximum Gasteiger partial charge on any atom is 0.410 e. The van der Waals surface area contributed by atoms with Crippen LogP contribution in [0.4, 0.5) is 10.5 Å². The molecule has 0 radical (unpaired) electrons. The average Bonchev–Trinajstić information content (AvgIpc) is 2.89. The fourth-order valence-electron chi connectivity index (χ4n) is 4.39. The number of nitrogens with one attached hydrogen (secondary N) is 1. The number of hydrogen-bond acceptors (Lipinski definition) is 9. The maximum absolute atomic E-state index is 13.5. The molecule has 1 aromatic carbocycles. The van der Waals surface area contributed by atoms with E-state index in [2.05, 4.69) is 11.4 Å². The molecule has 0 atom stereocenters. The van der Waals surface area contributed by atoms with E-state index in [0.717, 1.165) is 11.8 Å². The summed E-state index contributed by atoms with van der Waals surface area (Å²) in [7, 11) is -1.67. The molecule has 3 amide bonds. The van der Waals surface area contributed by atoms with Crippen LogP contribution in [0.25, 0.3) is 0 Å². The van der Waals surface area contributed by atoms with Gasteiger partial charge in [0.25, 0.3) is 5.91 Å². The van der Waals surface area contributed by atoms with Crippen LogP contribution >= 0.6 is 0 Å². The second-order valence-corrected chi connectivity index (χ2v) is 13.5. The van der Waals surface area contributed by atoms with Gasteiger partial charge in [-0.3, -0.25) is 19.9 Å². The van der Waals surface area contributed by atoms with Crippen LogP contribution in [0.3, 0.4) is 0 Å². The minimum absolute atomic E-state index is 0.115. The number of benzene rings is 1. The summed E-state index contributed by atoms with van der Waals surface area (Å²) >= 11 is 0. The van der Waals surface area contributed by atoms with E-state index in [1.54, 1.807) is 55.9 Å². The van der Waals surface area contributed by atoms with Gasteiger partial charge in [0.1, 0.15) is 5.60 Å². The normalized spacial score (nSPS) is 14.8. The SMILES string of the molecule is Cc1ccc(C#N)cc1N(CCN(C(=O)OC(C)(C)C)C(C)C)C(=O)CNCC(=O)N(C)N1CCN(S(C)(=O)=O)CC1. The van der Waals surface area contributed by atoms with Gasteiger partial charge in [-0.15, -0.1) is 0 Å². The van der Waals surface area contributed by atoms with Crippen molar-refractivity contribution in [3.63, 3.8) is 0 Å². The third-order valence-electron chi connectivity index (χ3n) is 6.77. The summed E-state index contributed by atoms with van der Waals surface area (Å²) in [5, 5.41) is 15.6. The van der Waals surface area contributed by atoms with E-state index in [9.17, 15) is 28.1 Å². The van der Waals surface area contributed by atoms with Gasteiger partial charge in [-0.1, -0.05) is 6.07 Å². The molecule has 1 N–H and O–H groups in total. The Morgan fingerprint density at radius 1 is 1.07 bits per heavy atom. The number of aryl methyl sites for hydroxylation is 1. The van der Waals surface area contributed by atoms with Gasteiger partial charge in [-0.2, -0.15) is 9.57 Å². The molecule has 0 spiro atoms. The topological polar surface area (TPSA) is 147 Å². The van der Waals surface area contributed by atoms with Crippen LogP contribution in [-0.2, 0) is 24.3 Å². The van der Waals surface area contributed by atoms with E-state index >= 15 is 0 Å². The minimum Gasteiger partial charge on any atom is -0.444 e. The summed E-state index contributed by atoms with van der Waals surface area (Å²) in [6.45, 7) is 12.3. The van der Waals surface area contributed by atoms with E-state index in [4.69, 9.17) is 4.74 Å². The second kappa shape index (κ2) is 14.8. The third-order valence-corrected chi connectivity index (χ3v) is 8.07. The van der Waals surface area contributed by atoms with Gasteiger partial charge >= 0.3 is 6.09 Å². The number of piperazine rings is 1. The fourth-order valence-corrected chi connectivity index (χ4v) is 5.22. The first-order valence-electron chi connectivity index (χ1n) is 13.9. The molecule has 0 saturated carbocycles. The Kier molecular flexibility index (Phi) is 12.3. The van der Waals surface area contributed by atoms with Crippen LogP contribution in [0.15, 0.2) is 18.2 Å². The molecule has 0 unspecified atom stereocenters. The molecule has 13 nitrogen and oxygen atoms in total. The number of nitrogens with zero attached hydrogens (tertiary/aromatic N) is 6. The number of anilines is 1. The highest BCUT2D eigenvalue weighted by atomic mass is 32.2. The summed E-state index contributed by atoms with van der Waals surface area (Å²) in [6, 6.07) is 6.98. The Bertz CT molecular complexity index is 1260. The van der Waals surface area contributed by atoms with E-state index in [-0.39, 0.29) is 57.1 Å². The van der Waals surface area contributed by atoms with Crippen molar-refractivity contribution in [2.75, 3.05) is 70.6 Å². The van der Waals surface area contributed by atoms with Gasteiger partial charge in [-0.25, -0.2) is 18.2 Å². The van der Waals surface area contributed by atoms with Crippen LogP contribution in [0.1, 0.15) is 45.7 Å². The number of amides is 3. The molecule has 0 aromatic heterocycles.